The van der Waals surface area contributed by atoms with Crippen LogP contribution in [0.25, 0.3) is 0 Å². The monoisotopic (exact) mass is 328 g/mol. The zero-order valence-corrected chi connectivity index (χ0v) is 12.4. The smallest absolute Gasteiger partial charge is 0.255 e. The molecule has 1 aromatic carbocycles. The molecule has 2 rings (SSSR count). The van der Waals surface area contributed by atoms with Crippen molar-refractivity contribution in [3.8, 4) is 0 Å². The number of carbonyl (C=O) groups excluding carboxylic acids is 1. The lowest BCUT2D eigenvalue weighted by Crippen LogP contribution is -2.34. The van der Waals surface area contributed by atoms with Gasteiger partial charge in [-0.15, -0.1) is 0 Å². The Labute approximate surface area is 121 Å². The number of nitrogen functional groups attached to an aromatic ring is 1. The Morgan fingerprint density at radius 3 is 2.37 bits per heavy atom. The van der Waals surface area contributed by atoms with E-state index in [1.807, 2.05) is 4.90 Å². The maximum Gasteiger partial charge on any atom is 0.255 e. The van der Waals surface area contributed by atoms with Gasteiger partial charge in [0.25, 0.3) is 5.91 Å². The minimum atomic E-state index is -0.504. The van der Waals surface area contributed by atoms with Crippen molar-refractivity contribution in [3.63, 3.8) is 0 Å². The van der Waals surface area contributed by atoms with Crippen LogP contribution < -0.4 is 5.73 Å². The molecule has 0 spiro atoms. The van der Waals surface area contributed by atoms with Crippen LogP contribution in [-0.2, 0) is 0 Å². The van der Waals surface area contributed by atoms with Crippen LogP contribution in [0, 0.1) is 5.82 Å². The summed E-state index contributed by atoms with van der Waals surface area (Å²) in [6.07, 6.45) is 5.63. The summed E-state index contributed by atoms with van der Waals surface area (Å²) in [6, 6.07) is 2.67. The first-order chi connectivity index (χ1) is 9.09. The van der Waals surface area contributed by atoms with E-state index in [2.05, 4.69) is 15.9 Å². The molecule has 19 heavy (non-hydrogen) atoms. The predicted octanol–water partition coefficient (Wildman–Crippen LogP) is 3.58. The average Bonchev–Trinajstić information content (AvgIpc) is 2.32. The molecule has 1 aliphatic heterocycles. The molecule has 0 saturated carbocycles. The number of rotatable bonds is 1. The second-order valence-electron chi connectivity index (χ2n) is 4.91. The lowest BCUT2D eigenvalue weighted by molar-refractivity contribution is 0.0741. The first-order valence-corrected chi connectivity index (χ1v) is 7.42. The van der Waals surface area contributed by atoms with Gasteiger partial charge in [0.15, 0.2) is 0 Å². The fourth-order valence-electron chi connectivity index (χ4n) is 2.35. The zero-order chi connectivity index (χ0) is 13.8. The summed E-state index contributed by atoms with van der Waals surface area (Å²) >= 11 is 3.24. The van der Waals surface area contributed by atoms with Crippen molar-refractivity contribution in [2.24, 2.45) is 0 Å². The second-order valence-corrected chi connectivity index (χ2v) is 5.77. The average molecular weight is 329 g/mol. The third-order valence-corrected chi connectivity index (χ3v) is 4.12. The number of anilines is 1. The summed E-state index contributed by atoms with van der Waals surface area (Å²) in [5, 5.41) is 0. The van der Waals surface area contributed by atoms with Gasteiger partial charge >= 0.3 is 0 Å². The topological polar surface area (TPSA) is 46.3 Å². The largest absolute Gasteiger partial charge is 0.396 e. The van der Waals surface area contributed by atoms with Crippen LogP contribution in [0.4, 0.5) is 10.1 Å². The minimum absolute atomic E-state index is 0.0126. The zero-order valence-electron chi connectivity index (χ0n) is 10.8. The van der Waals surface area contributed by atoms with Crippen molar-refractivity contribution in [1.29, 1.82) is 0 Å². The van der Waals surface area contributed by atoms with E-state index in [1.54, 1.807) is 0 Å². The van der Waals surface area contributed by atoms with Crippen LogP contribution in [0.5, 0.6) is 0 Å². The number of likely N-dealkylation sites (tertiary alicyclic amines) is 1. The normalized spacial score (nSPS) is 16.8. The fourth-order valence-corrected chi connectivity index (χ4v) is 2.84. The molecule has 1 amide bonds. The first kappa shape index (κ1) is 14.3. The Hall–Kier alpha value is -1.10. The summed E-state index contributed by atoms with van der Waals surface area (Å²) in [7, 11) is 0. The Balaban J connectivity index is 2.20. The molecular formula is C14H18BrFN2O. The van der Waals surface area contributed by atoms with E-state index in [-0.39, 0.29) is 11.6 Å². The van der Waals surface area contributed by atoms with Gasteiger partial charge in [0.1, 0.15) is 5.82 Å². The SMILES string of the molecule is Nc1cc(C(=O)N2CCCCCCC2)c(Br)cc1F. The van der Waals surface area contributed by atoms with Crippen LogP contribution >= 0.6 is 15.9 Å². The highest BCUT2D eigenvalue weighted by atomic mass is 79.9. The molecule has 1 aromatic rings. The predicted molar refractivity (Wildman–Crippen MR) is 77.5 cm³/mol. The summed E-state index contributed by atoms with van der Waals surface area (Å²) in [5.74, 6) is -0.573. The summed E-state index contributed by atoms with van der Waals surface area (Å²) < 4.78 is 13.8. The maximum atomic E-state index is 13.3. The van der Waals surface area contributed by atoms with Gasteiger partial charge in [0, 0.05) is 17.6 Å². The Bertz CT molecular complexity index is 471. The highest BCUT2D eigenvalue weighted by molar-refractivity contribution is 9.10. The molecule has 0 unspecified atom stereocenters. The van der Waals surface area contributed by atoms with E-state index in [4.69, 9.17) is 5.73 Å². The van der Waals surface area contributed by atoms with Gasteiger partial charge in [-0.1, -0.05) is 19.3 Å². The number of nitrogens with zero attached hydrogens (tertiary/aromatic N) is 1. The van der Waals surface area contributed by atoms with E-state index in [9.17, 15) is 9.18 Å². The molecule has 1 heterocycles. The molecular weight excluding hydrogens is 311 g/mol. The van der Waals surface area contributed by atoms with Crippen molar-refractivity contribution in [2.45, 2.75) is 32.1 Å². The van der Waals surface area contributed by atoms with Gasteiger partial charge in [-0.3, -0.25) is 4.79 Å². The van der Waals surface area contributed by atoms with Crippen molar-refractivity contribution >= 4 is 27.5 Å². The molecule has 2 N–H and O–H groups in total. The van der Waals surface area contributed by atoms with Crippen LogP contribution in [0.15, 0.2) is 16.6 Å². The molecule has 5 heteroatoms. The number of nitrogens with two attached hydrogens (primary N) is 1. The van der Waals surface area contributed by atoms with Gasteiger partial charge in [0.05, 0.1) is 11.3 Å². The molecule has 3 nitrogen and oxygen atoms in total. The molecule has 0 atom stereocenters. The molecule has 1 saturated heterocycles. The van der Waals surface area contributed by atoms with Gasteiger partial charge in [-0.25, -0.2) is 4.39 Å². The Morgan fingerprint density at radius 2 is 1.74 bits per heavy atom. The number of hydrogen-bond acceptors (Lipinski definition) is 2. The summed E-state index contributed by atoms with van der Waals surface area (Å²) in [4.78, 5) is 14.3. The number of carbonyl (C=O) groups is 1. The summed E-state index contributed by atoms with van der Waals surface area (Å²) in [5.41, 5.74) is 6.00. The number of benzene rings is 1. The number of hydrogen-bond donors (Lipinski definition) is 1. The van der Waals surface area contributed by atoms with Crippen molar-refractivity contribution < 1.29 is 9.18 Å². The fraction of sp³-hybridized carbons (Fsp3) is 0.500. The lowest BCUT2D eigenvalue weighted by atomic mass is 10.1. The van der Waals surface area contributed by atoms with Gasteiger partial charge < -0.3 is 10.6 Å². The maximum absolute atomic E-state index is 13.3. The third-order valence-electron chi connectivity index (χ3n) is 3.46. The highest BCUT2D eigenvalue weighted by Gasteiger charge is 2.20. The number of amides is 1. The van der Waals surface area contributed by atoms with Crippen molar-refractivity contribution in [2.75, 3.05) is 18.8 Å². The van der Waals surface area contributed by atoms with E-state index < -0.39 is 5.82 Å². The number of halogens is 2. The van der Waals surface area contributed by atoms with Gasteiger partial charge in [-0.2, -0.15) is 0 Å². The third kappa shape index (κ3) is 3.47. The molecule has 0 radical (unpaired) electrons. The van der Waals surface area contributed by atoms with E-state index >= 15 is 0 Å². The molecule has 0 aliphatic carbocycles. The molecule has 0 bridgehead atoms. The summed E-state index contributed by atoms with van der Waals surface area (Å²) in [6.45, 7) is 1.53. The van der Waals surface area contributed by atoms with Crippen molar-refractivity contribution in [1.82, 2.24) is 4.90 Å². The van der Waals surface area contributed by atoms with Gasteiger partial charge in [0.2, 0.25) is 0 Å². The Morgan fingerprint density at radius 1 is 1.16 bits per heavy atom. The highest BCUT2D eigenvalue weighted by Crippen LogP contribution is 2.25. The van der Waals surface area contributed by atoms with Crippen LogP contribution in [-0.4, -0.2) is 23.9 Å². The standard InChI is InChI=1S/C14H18BrFN2O/c15-11-9-12(16)13(17)8-10(11)14(19)18-6-4-2-1-3-5-7-18/h8-9H,1-7,17H2. The van der Waals surface area contributed by atoms with E-state index in [0.717, 1.165) is 38.8 Å². The molecule has 1 fully saturated rings. The van der Waals surface area contributed by atoms with Crippen LogP contribution in [0.3, 0.4) is 0 Å². The van der Waals surface area contributed by atoms with Gasteiger partial charge in [-0.05, 0) is 40.9 Å². The lowest BCUT2D eigenvalue weighted by Gasteiger charge is -2.25. The van der Waals surface area contributed by atoms with Crippen molar-refractivity contribution in [3.05, 3.63) is 28.0 Å². The molecule has 1 aliphatic rings. The van der Waals surface area contributed by atoms with Crippen LogP contribution in [0.2, 0.25) is 0 Å². The quantitative estimate of drug-likeness (QED) is 0.801. The Kier molecular flexibility index (Phi) is 4.80. The van der Waals surface area contributed by atoms with E-state index in [0.29, 0.717) is 10.0 Å². The van der Waals surface area contributed by atoms with Crippen LogP contribution in [0.1, 0.15) is 42.5 Å². The second kappa shape index (κ2) is 6.37. The molecule has 104 valence electrons. The molecule has 0 aromatic heterocycles. The minimum Gasteiger partial charge on any atom is -0.396 e. The first-order valence-electron chi connectivity index (χ1n) is 6.63. The van der Waals surface area contributed by atoms with E-state index in [1.165, 1.54) is 18.6 Å².